The molecule has 0 aromatic heterocycles. The van der Waals surface area contributed by atoms with Crippen LogP contribution in [0.1, 0.15) is 68.7 Å². The minimum absolute atomic E-state index is 0.142. The third kappa shape index (κ3) is 13.2. The Kier molecular flexibility index (Phi) is 16.4. The summed E-state index contributed by atoms with van der Waals surface area (Å²) in [4.78, 5) is 21.1. The van der Waals surface area contributed by atoms with E-state index in [1.54, 1.807) is 38.1 Å². The number of carboxylic acids is 2. The van der Waals surface area contributed by atoms with E-state index in [4.69, 9.17) is 34.8 Å². The molecule has 0 saturated heterocycles. The Hall–Kier alpha value is -1.39. The Bertz CT molecular complexity index is 821. The first-order valence-corrected chi connectivity index (χ1v) is 16.0. The molecule has 1 saturated carbocycles. The van der Waals surface area contributed by atoms with Gasteiger partial charge in [-0.2, -0.15) is 12.0 Å². The summed E-state index contributed by atoms with van der Waals surface area (Å²) >= 11 is -0.472. The molecule has 0 spiro atoms. The number of nitrogens with one attached hydrogen (secondary N) is 1. The summed E-state index contributed by atoms with van der Waals surface area (Å²) in [7, 11) is 9.75. The van der Waals surface area contributed by atoms with E-state index in [9.17, 15) is 9.59 Å². The maximum absolute atomic E-state index is 10.5. The quantitative estimate of drug-likeness (QED) is 0.317. The van der Waals surface area contributed by atoms with Gasteiger partial charge in [-0.25, -0.2) is 9.59 Å². The number of rotatable bonds is 2. The summed E-state index contributed by atoms with van der Waals surface area (Å²) in [6.07, 6.45) is 4.80. The van der Waals surface area contributed by atoms with Crippen LogP contribution >= 0.6 is 18.8 Å². The van der Waals surface area contributed by atoms with Gasteiger partial charge in [-0.15, -0.1) is 0 Å². The zero-order valence-electron chi connectivity index (χ0n) is 19.4. The standard InChI is InChI=1S/2C9H10O2.C7H13N.2ClH.Pt/c2*1-6-3-4-8(9(10)11)7(2)5-6;1-6-4-2-3-5-7(6)8;;;/h2*3-5H,1-2H3,(H,10,11);6-8H,1-5H2;2*1H;/q;;-2;;;+4/p-2/t;;6-,7-;;;/m..1.../s1. The summed E-state index contributed by atoms with van der Waals surface area (Å²) in [6.45, 7) is 11.4. The van der Waals surface area contributed by atoms with E-state index in [0.29, 0.717) is 17.0 Å². The second-order valence-corrected chi connectivity index (χ2v) is 11.2. The summed E-state index contributed by atoms with van der Waals surface area (Å²) in [5, 5.41) is 17.3. The van der Waals surface area contributed by atoms with Crippen molar-refractivity contribution in [2.45, 2.75) is 59.4 Å². The molecule has 0 amide bonds. The number of hydrogen-bond acceptors (Lipinski definition) is 2. The van der Waals surface area contributed by atoms with Gasteiger partial charge >= 0.3 is 47.3 Å². The zero-order valence-corrected chi connectivity index (χ0v) is 23.2. The number of halogens is 2. The van der Waals surface area contributed by atoms with Crippen LogP contribution in [0.4, 0.5) is 0 Å². The number of carboxylic acid groups (broad SMARTS) is 2. The number of aryl methyl sites for hydroxylation is 4. The van der Waals surface area contributed by atoms with Gasteiger partial charge in [0, 0.05) is 0 Å². The first-order chi connectivity index (χ1) is 15.4. The van der Waals surface area contributed by atoms with Crippen molar-refractivity contribution in [2.75, 3.05) is 0 Å². The third-order valence-corrected chi connectivity index (χ3v) is 5.13. The summed E-state index contributed by atoms with van der Waals surface area (Å²) < 4.78 is 0. The number of hydrogen-bond donors (Lipinski definition) is 2. The van der Waals surface area contributed by atoms with Gasteiger partial charge in [0.15, 0.2) is 0 Å². The first kappa shape index (κ1) is 31.6. The van der Waals surface area contributed by atoms with Crippen molar-refractivity contribution < 1.29 is 36.3 Å². The van der Waals surface area contributed by atoms with Crippen molar-refractivity contribution in [2.24, 2.45) is 5.92 Å². The third-order valence-electron chi connectivity index (χ3n) is 5.13. The molecular formula is C25H33Cl2NO4Pt. The topological polar surface area (TPSA) is 98.4 Å². The van der Waals surface area contributed by atoms with Crippen LogP contribution in [0.3, 0.4) is 0 Å². The molecule has 5 nitrogen and oxygen atoms in total. The monoisotopic (exact) mass is 676 g/mol. The van der Waals surface area contributed by atoms with Crippen LogP contribution in [0.5, 0.6) is 0 Å². The molecule has 0 bridgehead atoms. The summed E-state index contributed by atoms with van der Waals surface area (Å²) in [5.74, 6) is -1.30. The van der Waals surface area contributed by atoms with Crippen LogP contribution in [0, 0.1) is 40.5 Å². The predicted octanol–water partition coefficient (Wildman–Crippen LogP) is 7.81. The molecule has 2 atom stereocenters. The van der Waals surface area contributed by atoms with Crippen LogP contribution in [-0.2, 0) is 16.5 Å². The van der Waals surface area contributed by atoms with Crippen LogP contribution < -0.4 is 0 Å². The Balaban J connectivity index is 0.000000444. The molecule has 186 valence electrons. The zero-order chi connectivity index (χ0) is 25.6. The van der Waals surface area contributed by atoms with Crippen molar-refractivity contribution in [3.63, 3.8) is 0 Å². The van der Waals surface area contributed by atoms with E-state index in [2.05, 4.69) is 6.92 Å². The van der Waals surface area contributed by atoms with Gasteiger partial charge in [-0.1, -0.05) is 61.1 Å². The fourth-order valence-electron chi connectivity index (χ4n) is 3.31. The Labute approximate surface area is 214 Å². The molecule has 1 aliphatic rings. The number of carbonyl (C=O) groups is 2. The van der Waals surface area contributed by atoms with E-state index in [1.807, 2.05) is 26.0 Å². The SMILES string of the molecule is Cc1ccc(C(=O)O)c(C)c1.Cc1ccc(C(=O)O)c(C)c1.[CH2-][C@@H]1CCCC[C@H]1[NH-].[Cl][Pt+2][Cl]. The first-order valence-electron chi connectivity index (χ1n) is 10.4. The molecule has 8 heteroatoms. The van der Waals surface area contributed by atoms with Crippen molar-refractivity contribution >= 4 is 30.8 Å². The van der Waals surface area contributed by atoms with E-state index in [-0.39, 0.29) is 6.04 Å². The van der Waals surface area contributed by atoms with Crippen molar-refractivity contribution in [3.8, 4) is 0 Å². The Morgan fingerprint density at radius 2 is 1.24 bits per heavy atom. The molecule has 2 aromatic carbocycles. The number of aromatic carboxylic acids is 2. The maximum atomic E-state index is 10.5. The van der Waals surface area contributed by atoms with Crippen LogP contribution in [0.15, 0.2) is 36.4 Å². The van der Waals surface area contributed by atoms with Gasteiger partial charge in [0.1, 0.15) is 0 Å². The van der Waals surface area contributed by atoms with Crippen LogP contribution in [-0.4, -0.2) is 28.2 Å². The van der Waals surface area contributed by atoms with Crippen LogP contribution in [0.2, 0.25) is 0 Å². The van der Waals surface area contributed by atoms with Gasteiger partial charge < -0.3 is 22.9 Å². The summed E-state index contributed by atoms with van der Waals surface area (Å²) in [6, 6.07) is 10.7. The number of benzene rings is 2. The Morgan fingerprint density at radius 3 is 1.48 bits per heavy atom. The van der Waals surface area contributed by atoms with Crippen molar-refractivity contribution in [1.82, 2.24) is 0 Å². The van der Waals surface area contributed by atoms with E-state index in [1.165, 1.54) is 19.3 Å². The fourth-order valence-corrected chi connectivity index (χ4v) is 3.31. The van der Waals surface area contributed by atoms with E-state index >= 15 is 0 Å². The van der Waals surface area contributed by atoms with E-state index in [0.717, 1.165) is 28.7 Å². The van der Waals surface area contributed by atoms with Gasteiger partial charge in [0.2, 0.25) is 0 Å². The average molecular weight is 678 g/mol. The molecule has 33 heavy (non-hydrogen) atoms. The molecule has 1 aliphatic carbocycles. The Morgan fingerprint density at radius 1 is 0.879 bits per heavy atom. The van der Waals surface area contributed by atoms with Crippen molar-refractivity contribution in [1.29, 1.82) is 0 Å². The van der Waals surface area contributed by atoms with Gasteiger partial charge in [-0.3, -0.25) is 0 Å². The van der Waals surface area contributed by atoms with Gasteiger partial charge in [0.05, 0.1) is 11.1 Å². The minimum atomic E-state index is -0.859. The molecule has 3 N–H and O–H groups in total. The molecule has 0 aliphatic heterocycles. The molecule has 3 rings (SSSR count). The van der Waals surface area contributed by atoms with Gasteiger partial charge in [0.25, 0.3) is 0 Å². The van der Waals surface area contributed by atoms with Gasteiger partial charge in [-0.05, 0) is 51.0 Å². The molecular weight excluding hydrogens is 644 g/mol. The summed E-state index contributed by atoms with van der Waals surface area (Å²) in [5.41, 5.74) is 12.0. The molecule has 0 unspecified atom stereocenters. The molecule has 0 radical (unpaired) electrons. The van der Waals surface area contributed by atoms with Crippen LogP contribution in [0.25, 0.3) is 5.73 Å². The average Bonchev–Trinajstić information content (AvgIpc) is 2.71. The predicted molar refractivity (Wildman–Crippen MR) is 133 cm³/mol. The fraction of sp³-hybridized carbons (Fsp3) is 0.400. The van der Waals surface area contributed by atoms with Crippen molar-refractivity contribution in [3.05, 3.63) is 82.4 Å². The second-order valence-electron chi connectivity index (χ2n) is 7.94. The molecule has 0 heterocycles. The van der Waals surface area contributed by atoms with E-state index < -0.39 is 28.4 Å². The normalized spacial score (nSPS) is 16.7. The second kappa shape index (κ2) is 17.1. The molecule has 1 fully saturated rings. The molecule has 2 aromatic rings.